The Balaban J connectivity index is 2.61. The Morgan fingerprint density at radius 2 is 0.857 bits per heavy atom. The molecule has 84 heavy (non-hydrogen) atoms. The zero-order valence-electron chi connectivity index (χ0n) is 53.5. The number of hydrogen-bond acceptors (Lipinski definition) is 10. The van der Waals surface area contributed by atoms with Crippen LogP contribution in [-0.4, -0.2) is 99.6 Å². The standard InChI is InChI=1S/C73H125NO10/c1-4-7-10-13-16-19-22-25-27-29-31-32-33-34-35-36-37-39-41-43-46-49-52-55-58-61-68(78)84-71-70(80)69(79)67(62-75)83-73(71)82-63-64(65(76)59-56-53-50-47-44-24-21-18-15-12-9-6-3)74-72(81)66(77)60-57-54-51-48-45-42-40-38-30-28-26-23-20-17-14-11-8-5-2/h7,10,16-17,19-20,25-28,31-32,34-35,38,40,56,59,64-67,69-71,73,75-77,79-80H,4-6,8-9,11-15,18,21-24,29-30,33,36-37,39,41-55,57-58,60-63H2,1-3H3,(H,74,81)/b10-7-,19-16-,20-17-,27-25-,28-26-,32-31-,35-34-,40-38-,59-56+. The Hall–Kier alpha value is -3.68. The molecular formula is C73H125NO10. The zero-order valence-corrected chi connectivity index (χ0v) is 53.5. The van der Waals surface area contributed by atoms with Gasteiger partial charge in [0.2, 0.25) is 5.91 Å². The molecule has 0 saturated carbocycles. The number of carbonyl (C=O) groups is 2. The van der Waals surface area contributed by atoms with E-state index >= 15 is 0 Å². The third-order valence-electron chi connectivity index (χ3n) is 15.4. The average molecular weight is 1180 g/mol. The summed E-state index contributed by atoms with van der Waals surface area (Å²) in [5.41, 5.74) is 0. The number of rotatable bonds is 57. The summed E-state index contributed by atoms with van der Waals surface area (Å²) in [4.78, 5) is 26.6. The summed E-state index contributed by atoms with van der Waals surface area (Å²) in [6.45, 7) is 5.64. The number of unbranched alkanes of at least 4 members (excludes halogenated alkanes) is 27. The number of nitrogens with one attached hydrogen (secondary N) is 1. The fourth-order valence-electron chi connectivity index (χ4n) is 10.0. The predicted molar refractivity (Wildman–Crippen MR) is 351 cm³/mol. The molecule has 0 aromatic rings. The van der Waals surface area contributed by atoms with Crippen LogP contribution in [0.3, 0.4) is 0 Å². The summed E-state index contributed by atoms with van der Waals surface area (Å²) in [5.74, 6) is -1.22. The van der Waals surface area contributed by atoms with Crippen LogP contribution in [0.1, 0.15) is 278 Å². The lowest BCUT2D eigenvalue weighted by atomic mass is 9.99. The molecule has 482 valence electrons. The largest absolute Gasteiger partial charge is 0.454 e. The average Bonchev–Trinajstić information content (AvgIpc) is 3.69. The van der Waals surface area contributed by atoms with E-state index in [0.29, 0.717) is 12.8 Å². The van der Waals surface area contributed by atoms with Crippen molar-refractivity contribution in [3.63, 3.8) is 0 Å². The first-order chi connectivity index (χ1) is 41.2. The second-order valence-electron chi connectivity index (χ2n) is 23.2. The SMILES string of the molecule is CC/C=C\C/C=C\C/C=C\C/C=C\C/C=C\CCCCCCCCCCCC(=O)OC1C(OCC(NC(=O)C(O)CCCCCCC/C=C\C/C=C\C/C=C\CCCCC)C(O)/C=C/CCCCCCCCCCCC)OC(CO)C(O)C1O. The fourth-order valence-corrected chi connectivity index (χ4v) is 10.0. The molecule has 1 saturated heterocycles. The first-order valence-corrected chi connectivity index (χ1v) is 34.2. The van der Waals surface area contributed by atoms with Gasteiger partial charge in [-0.2, -0.15) is 0 Å². The fraction of sp³-hybridized carbons (Fsp3) is 0.726. The van der Waals surface area contributed by atoms with Gasteiger partial charge in [-0.15, -0.1) is 0 Å². The first-order valence-electron chi connectivity index (χ1n) is 34.2. The number of amides is 1. The Labute approximate surface area is 513 Å². The normalized spacial score (nSPS) is 19.2. The first kappa shape index (κ1) is 78.3. The number of esters is 1. The molecular weight excluding hydrogens is 1050 g/mol. The second-order valence-corrected chi connectivity index (χ2v) is 23.2. The lowest BCUT2D eigenvalue weighted by Crippen LogP contribution is -2.61. The maximum Gasteiger partial charge on any atom is 0.306 e. The number of carbonyl (C=O) groups excluding carboxylic acids is 2. The van der Waals surface area contributed by atoms with Gasteiger partial charge in [-0.3, -0.25) is 9.59 Å². The van der Waals surface area contributed by atoms with Crippen LogP contribution in [0.25, 0.3) is 0 Å². The molecule has 0 aliphatic carbocycles. The van der Waals surface area contributed by atoms with Crippen LogP contribution < -0.4 is 5.32 Å². The molecule has 8 atom stereocenters. The third kappa shape index (κ3) is 46.5. The predicted octanol–water partition coefficient (Wildman–Crippen LogP) is 17.2. The zero-order chi connectivity index (χ0) is 61.0. The lowest BCUT2D eigenvalue weighted by Gasteiger charge is -2.41. The Morgan fingerprint density at radius 1 is 0.476 bits per heavy atom. The van der Waals surface area contributed by atoms with Gasteiger partial charge < -0.3 is 45.1 Å². The summed E-state index contributed by atoms with van der Waals surface area (Å²) in [5, 5.41) is 57.2. The minimum absolute atomic E-state index is 0.109. The number of aliphatic hydroxyl groups excluding tert-OH is 5. The lowest BCUT2D eigenvalue weighted by molar-refractivity contribution is -0.305. The number of aliphatic hydroxyl groups is 5. The van der Waals surface area contributed by atoms with Gasteiger partial charge in [-0.25, -0.2) is 0 Å². The van der Waals surface area contributed by atoms with Crippen LogP contribution in [0.2, 0.25) is 0 Å². The number of ether oxygens (including phenoxy) is 3. The molecule has 1 heterocycles. The van der Waals surface area contributed by atoms with Crippen molar-refractivity contribution in [1.82, 2.24) is 5.32 Å². The van der Waals surface area contributed by atoms with Gasteiger partial charge in [0.1, 0.15) is 24.4 Å². The Bertz CT molecular complexity index is 1780. The molecule has 0 bridgehead atoms. The monoisotopic (exact) mass is 1180 g/mol. The molecule has 11 nitrogen and oxygen atoms in total. The minimum atomic E-state index is -1.63. The van der Waals surface area contributed by atoms with E-state index in [4.69, 9.17) is 14.2 Å². The van der Waals surface area contributed by atoms with Crippen molar-refractivity contribution in [2.45, 2.75) is 327 Å². The van der Waals surface area contributed by atoms with Crippen LogP contribution in [0.5, 0.6) is 0 Å². The highest BCUT2D eigenvalue weighted by molar-refractivity contribution is 5.80. The van der Waals surface area contributed by atoms with Crippen molar-refractivity contribution in [3.8, 4) is 0 Å². The number of allylic oxidation sites excluding steroid dienone is 17. The molecule has 0 aromatic heterocycles. The van der Waals surface area contributed by atoms with Crippen molar-refractivity contribution in [1.29, 1.82) is 0 Å². The van der Waals surface area contributed by atoms with Gasteiger partial charge in [0, 0.05) is 6.42 Å². The maximum atomic E-state index is 13.5. The quantitative estimate of drug-likeness (QED) is 0.0195. The van der Waals surface area contributed by atoms with Crippen molar-refractivity contribution in [2.75, 3.05) is 13.2 Å². The number of hydrogen-bond donors (Lipinski definition) is 6. The maximum absolute atomic E-state index is 13.5. The van der Waals surface area contributed by atoms with E-state index in [9.17, 15) is 35.1 Å². The van der Waals surface area contributed by atoms with Crippen LogP contribution in [-0.2, 0) is 23.8 Å². The van der Waals surface area contributed by atoms with Crippen molar-refractivity contribution in [2.24, 2.45) is 0 Å². The van der Waals surface area contributed by atoms with Gasteiger partial charge >= 0.3 is 5.97 Å². The van der Waals surface area contributed by atoms with Gasteiger partial charge in [0.25, 0.3) is 0 Å². The molecule has 0 spiro atoms. The smallest absolute Gasteiger partial charge is 0.306 e. The highest BCUT2D eigenvalue weighted by atomic mass is 16.7. The van der Waals surface area contributed by atoms with E-state index in [1.807, 2.05) is 6.08 Å². The molecule has 8 unspecified atom stereocenters. The van der Waals surface area contributed by atoms with E-state index in [2.05, 4.69) is 123 Å². The summed E-state index contributed by atoms with van der Waals surface area (Å²) < 4.78 is 17.7. The molecule has 11 heteroatoms. The molecule has 6 N–H and O–H groups in total. The van der Waals surface area contributed by atoms with Gasteiger partial charge in [-0.05, 0) is 109 Å². The van der Waals surface area contributed by atoms with Crippen LogP contribution in [0.15, 0.2) is 109 Å². The summed E-state index contributed by atoms with van der Waals surface area (Å²) in [6, 6.07) is -1.04. The molecule has 1 aliphatic rings. The van der Waals surface area contributed by atoms with E-state index in [1.165, 1.54) is 103 Å². The highest BCUT2D eigenvalue weighted by Gasteiger charge is 2.47. The van der Waals surface area contributed by atoms with Crippen LogP contribution in [0, 0.1) is 0 Å². The molecule has 1 aliphatic heterocycles. The Morgan fingerprint density at radius 3 is 1.31 bits per heavy atom. The van der Waals surface area contributed by atoms with Gasteiger partial charge in [0.05, 0.1) is 25.4 Å². The summed E-state index contributed by atoms with van der Waals surface area (Å²) in [6.07, 6.45) is 71.1. The molecule has 0 aromatic carbocycles. The highest BCUT2D eigenvalue weighted by Crippen LogP contribution is 2.26. The summed E-state index contributed by atoms with van der Waals surface area (Å²) >= 11 is 0. The van der Waals surface area contributed by atoms with E-state index in [0.717, 1.165) is 128 Å². The Kier molecular flexibility index (Phi) is 55.6. The molecule has 1 fully saturated rings. The molecule has 1 amide bonds. The topological polar surface area (TPSA) is 175 Å². The van der Waals surface area contributed by atoms with E-state index in [-0.39, 0.29) is 19.4 Å². The van der Waals surface area contributed by atoms with Gasteiger partial charge in [-0.1, -0.05) is 271 Å². The molecule has 1 rings (SSSR count). The van der Waals surface area contributed by atoms with E-state index in [1.54, 1.807) is 6.08 Å². The van der Waals surface area contributed by atoms with Gasteiger partial charge in [0.15, 0.2) is 12.4 Å². The van der Waals surface area contributed by atoms with E-state index < -0.39 is 67.4 Å². The van der Waals surface area contributed by atoms with Crippen molar-refractivity contribution >= 4 is 11.9 Å². The van der Waals surface area contributed by atoms with Crippen molar-refractivity contribution in [3.05, 3.63) is 109 Å². The summed E-state index contributed by atoms with van der Waals surface area (Å²) in [7, 11) is 0. The second kappa shape index (κ2) is 59.6. The third-order valence-corrected chi connectivity index (χ3v) is 15.4. The van der Waals surface area contributed by atoms with Crippen LogP contribution in [0.4, 0.5) is 0 Å². The minimum Gasteiger partial charge on any atom is -0.454 e. The van der Waals surface area contributed by atoms with Crippen LogP contribution >= 0.6 is 0 Å². The molecule has 0 radical (unpaired) electrons. The van der Waals surface area contributed by atoms with Crippen molar-refractivity contribution < 1.29 is 49.3 Å².